The number of nitrogens with one attached hydrogen (secondary N) is 1. The van der Waals surface area contributed by atoms with Crippen LogP contribution in [-0.4, -0.2) is 20.6 Å². The zero-order valence-corrected chi connectivity index (χ0v) is 10.3. The van der Waals surface area contributed by atoms with E-state index in [1.807, 2.05) is 31.2 Å². The minimum Gasteiger partial charge on any atom is -0.477 e. The summed E-state index contributed by atoms with van der Waals surface area (Å²) in [5.41, 5.74) is 1.26. The lowest BCUT2D eigenvalue weighted by atomic mass is 10.1. The van der Waals surface area contributed by atoms with Gasteiger partial charge in [-0.3, -0.25) is 4.79 Å². The van der Waals surface area contributed by atoms with Crippen molar-refractivity contribution in [2.75, 3.05) is 0 Å². The number of nitrogens with zero attached hydrogens (tertiary/aromatic N) is 1. The van der Waals surface area contributed by atoms with Gasteiger partial charge >= 0.3 is 5.97 Å². The third-order valence-electron chi connectivity index (χ3n) is 3.30. The van der Waals surface area contributed by atoms with E-state index in [-0.39, 0.29) is 11.3 Å². The van der Waals surface area contributed by atoms with Crippen molar-refractivity contribution >= 4 is 27.8 Å². The van der Waals surface area contributed by atoms with E-state index in [9.17, 15) is 9.59 Å². The summed E-state index contributed by atoms with van der Waals surface area (Å²) in [5.74, 6) is -1.07. The van der Waals surface area contributed by atoms with E-state index in [1.54, 1.807) is 4.57 Å². The lowest BCUT2D eigenvalue weighted by Crippen LogP contribution is -2.19. The molecule has 2 N–H and O–H groups in total. The first-order valence-electron chi connectivity index (χ1n) is 6.01. The maximum Gasteiger partial charge on any atom is 0.352 e. The van der Waals surface area contributed by atoms with Crippen LogP contribution in [0, 0.1) is 0 Å². The molecule has 0 aliphatic heterocycles. The molecule has 0 saturated carbocycles. The van der Waals surface area contributed by atoms with Gasteiger partial charge < -0.3 is 14.7 Å². The van der Waals surface area contributed by atoms with Gasteiger partial charge in [-0.15, -0.1) is 0 Å². The van der Waals surface area contributed by atoms with Crippen LogP contribution in [0.1, 0.15) is 17.4 Å². The van der Waals surface area contributed by atoms with Crippen molar-refractivity contribution in [1.82, 2.24) is 9.55 Å². The molecular formula is C14H12N2O3. The molecule has 5 nitrogen and oxygen atoms in total. The fourth-order valence-corrected chi connectivity index (χ4v) is 2.44. The molecule has 0 spiro atoms. The quantitative estimate of drug-likeness (QED) is 0.738. The zero-order valence-electron chi connectivity index (χ0n) is 10.3. The highest BCUT2D eigenvalue weighted by atomic mass is 16.4. The topological polar surface area (TPSA) is 75.1 Å². The molecule has 2 aromatic heterocycles. The van der Waals surface area contributed by atoms with Crippen molar-refractivity contribution in [3.63, 3.8) is 0 Å². The minimum atomic E-state index is -1.07. The molecule has 19 heavy (non-hydrogen) atoms. The normalized spacial score (nSPS) is 11.2. The van der Waals surface area contributed by atoms with E-state index in [2.05, 4.69) is 4.98 Å². The number of aryl methyl sites for hydroxylation is 1. The highest BCUT2D eigenvalue weighted by molar-refractivity contribution is 6.06. The monoisotopic (exact) mass is 256 g/mol. The van der Waals surface area contributed by atoms with Crippen LogP contribution in [0.5, 0.6) is 0 Å². The van der Waals surface area contributed by atoms with Gasteiger partial charge in [-0.05, 0) is 19.1 Å². The van der Waals surface area contributed by atoms with E-state index < -0.39 is 5.97 Å². The molecule has 0 amide bonds. The van der Waals surface area contributed by atoms with Crippen molar-refractivity contribution in [3.05, 3.63) is 46.4 Å². The SMILES string of the molecule is CCn1c(=O)c2cc(C(=O)O)[nH]c2c2ccccc21. The van der Waals surface area contributed by atoms with E-state index in [0.717, 1.165) is 10.9 Å². The van der Waals surface area contributed by atoms with Crippen LogP contribution >= 0.6 is 0 Å². The van der Waals surface area contributed by atoms with Crippen LogP contribution in [0.4, 0.5) is 0 Å². The Bertz CT molecular complexity index is 858. The molecule has 3 rings (SSSR count). The number of pyridine rings is 1. The summed E-state index contributed by atoms with van der Waals surface area (Å²) in [4.78, 5) is 26.2. The molecule has 0 atom stereocenters. The molecule has 2 heterocycles. The molecule has 5 heteroatoms. The number of carboxylic acids is 1. The van der Waals surface area contributed by atoms with Gasteiger partial charge in [0.25, 0.3) is 5.56 Å². The smallest absolute Gasteiger partial charge is 0.352 e. The van der Waals surface area contributed by atoms with Gasteiger partial charge in [0.2, 0.25) is 0 Å². The predicted molar refractivity (Wildman–Crippen MR) is 72.7 cm³/mol. The lowest BCUT2D eigenvalue weighted by Gasteiger charge is -2.08. The number of rotatable bonds is 2. The number of aromatic nitrogens is 2. The molecule has 0 saturated heterocycles. The fraction of sp³-hybridized carbons (Fsp3) is 0.143. The maximum atomic E-state index is 12.4. The Morgan fingerprint density at radius 2 is 2.05 bits per heavy atom. The van der Waals surface area contributed by atoms with E-state index in [1.165, 1.54) is 6.07 Å². The van der Waals surface area contributed by atoms with Gasteiger partial charge in [0.1, 0.15) is 5.69 Å². The number of para-hydroxylation sites is 1. The molecule has 0 unspecified atom stereocenters. The Hall–Kier alpha value is -2.56. The predicted octanol–water partition coefficient (Wildman–Crippen LogP) is 2.20. The first-order valence-corrected chi connectivity index (χ1v) is 6.01. The number of aromatic amines is 1. The fourth-order valence-electron chi connectivity index (χ4n) is 2.44. The summed E-state index contributed by atoms with van der Waals surface area (Å²) in [5, 5.41) is 10.3. The van der Waals surface area contributed by atoms with E-state index in [4.69, 9.17) is 5.11 Å². The maximum absolute atomic E-state index is 12.4. The second kappa shape index (κ2) is 3.98. The Morgan fingerprint density at radius 3 is 2.74 bits per heavy atom. The summed E-state index contributed by atoms with van der Waals surface area (Å²) >= 11 is 0. The van der Waals surface area contributed by atoms with E-state index in [0.29, 0.717) is 17.4 Å². The number of aromatic carboxylic acids is 1. The van der Waals surface area contributed by atoms with Gasteiger partial charge in [0.15, 0.2) is 0 Å². The summed E-state index contributed by atoms with van der Waals surface area (Å²) in [7, 11) is 0. The Kier molecular flexibility index (Phi) is 2.41. The lowest BCUT2D eigenvalue weighted by molar-refractivity contribution is 0.0691. The first-order chi connectivity index (χ1) is 9.13. The Labute approximate surface area is 108 Å². The molecule has 0 aliphatic rings. The average Bonchev–Trinajstić information content (AvgIpc) is 2.85. The summed E-state index contributed by atoms with van der Waals surface area (Å²) in [6.07, 6.45) is 0. The van der Waals surface area contributed by atoms with Crippen LogP contribution in [0.3, 0.4) is 0 Å². The van der Waals surface area contributed by atoms with Crippen molar-refractivity contribution < 1.29 is 9.90 Å². The van der Waals surface area contributed by atoms with Gasteiger partial charge in [-0.1, -0.05) is 18.2 Å². The molecule has 0 bridgehead atoms. The third kappa shape index (κ3) is 1.55. The summed E-state index contributed by atoms with van der Waals surface area (Å²) in [6.45, 7) is 2.44. The zero-order chi connectivity index (χ0) is 13.6. The standard InChI is InChI=1S/C14H12N2O3/c1-2-16-11-6-4-3-5-8(11)12-9(13(16)17)7-10(15-12)14(18)19/h3-7,15H,2H2,1H3,(H,18,19). The van der Waals surface area contributed by atoms with Crippen molar-refractivity contribution in [2.45, 2.75) is 13.5 Å². The molecule has 0 radical (unpaired) electrons. The number of benzene rings is 1. The number of H-pyrrole nitrogens is 1. The van der Waals surface area contributed by atoms with Crippen molar-refractivity contribution in [3.8, 4) is 0 Å². The molecule has 0 aliphatic carbocycles. The van der Waals surface area contributed by atoms with E-state index >= 15 is 0 Å². The molecular weight excluding hydrogens is 244 g/mol. The van der Waals surface area contributed by atoms with Crippen LogP contribution in [0.15, 0.2) is 35.1 Å². The number of fused-ring (bicyclic) bond motifs is 3. The number of hydrogen-bond acceptors (Lipinski definition) is 2. The Balaban J connectivity index is 2.59. The molecule has 3 aromatic rings. The second-order valence-electron chi connectivity index (χ2n) is 4.34. The third-order valence-corrected chi connectivity index (χ3v) is 3.30. The average molecular weight is 256 g/mol. The van der Waals surface area contributed by atoms with Gasteiger partial charge in [-0.2, -0.15) is 0 Å². The minimum absolute atomic E-state index is 0.0334. The van der Waals surface area contributed by atoms with Crippen molar-refractivity contribution in [1.29, 1.82) is 0 Å². The number of hydrogen-bond donors (Lipinski definition) is 2. The summed E-state index contributed by atoms with van der Waals surface area (Å²) < 4.78 is 1.65. The van der Waals surface area contributed by atoms with Gasteiger partial charge in [0.05, 0.1) is 16.4 Å². The number of carbonyl (C=O) groups is 1. The van der Waals surface area contributed by atoms with Crippen LogP contribution in [0.2, 0.25) is 0 Å². The summed E-state index contributed by atoms with van der Waals surface area (Å²) in [6, 6.07) is 8.87. The van der Waals surface area contributed by atoms with Crippen molar-refractivity contribution in [2.24, 2.45) is 0 Å². The highest BCUT2D eigenvalue weighted by Crippen LogP contribution is 2.22. The van der Waals surface area contributed by atoms with Gasteiger partial charge in [0, 0.05) is 11.9 Å². The Morgan fingerprint density at radius 1 is 1.32 bits per heavy atom. The first kappa shape index (κ1) is 11.5. The van der Waals surface area contributed by atoms with Gasteiger partial charge in [-0.25, -0.2) is 4.79 Å². The van der Waals surface area contributed by atoms with Crippen LogP contribution in [-0.2, 0) is 6.54 Å². The second-order valence-corrected chi connectivity index (χ2v) is 4.34. The molecule has 1 aromatic carbocycles. The van der Waals surface area contributed by atoms with Crippen LogP contribution < -0.4 is 5.56 Å². The number of carboxylic acid groups (broad SMARTS) is 1. The highest BCUT2D eigenvalue weighted by Gasteiger charge is 2.15. The molecule has 96 valence electrons. The largest absolute Gasteiger partial charge is 0.477 e. The molecule has 0 fully saturated rings. The van der Waals surface area contributed by atoms with Crippen LogP contribution in [0.25, 0.3) is 21.8 Å².